The summed E-state index contributed by atoms with van der Waals surface area (Å²) in [5, 5.41) is 0. The molecule has 0 saturated heterocycles. The highest BCUT2D eigenvalue weighted by Crippen LogP contribution is 2.15. The number of allylic oxidation sites excluding steroid dienone is 1. The molecular formula is C8H9F3O2. The van der Waals surface area contributed by atoms with E-state index < -0.39 is 12.1 Å². The Morgan fingerprint density at radius 2 is 2.08 bits per heavy atom. The van der Waals surface area contributed by atoms with Gasteiger partial charge in [-0.2, -0.15) is 13.2 Å². The first-order valence-corrected chi connectivity index (χ1v) is 3.38. The molecule has 13 heavy (non-hydrogen) atoms. The summed E-state index contributed by atoms with van der Waals surface area (Å²) >= 11 is 0. The fourth-order valence-electron chi connectivity index (χ4n) is 0.405. The van der Waals surface area contributed by atoms with E-state index >= 15 is 0 Å². The van der Waals surface area contributed by atoms with Crippen molar-refractivity contribution in [2.75, 3.05) is 6.61 Å². The molecule has 2 nitrogen and oxygen atoms in total. The number of alkyl halides is 3. The van der Waals surface area contributed by atoms with Crippen LogP contribution in [0.25, 0.3) is 0 Å². The van der Waals surface area contributed by atoms with Crippen molar-refractivity contribution in [3.8, 4) is 0 Å². The van der Waals surface area contributed by atoms with E-state index in [2.05, 4.69) is 11.3 Å². The van der Waals surface area contributed by atoms with Crippen molar-refractivity contribution in [1.29, 1.82) is 0 Å². The average Bonchev–Trinajstić information content (AvgIpc) is 1.95. The molecule has 0 atom stereocenters. The van der Waals surface area contributed by atoms with Crippen LogP contribution in [0.1, 0.15) is 6.92 Å². The van der Waals surface area contributed by atoms with Crippen LogP contribution < -0.4 is 0 Å². The zero-order chi connectivity index (χ0) is 10.5. The smallest absolute Gasteiger partial charge is 0.410 e. The summed E-state index contributed by atoms with van der Waals surface area (Å²) in [5.41, 5.74) is 0.564. The van der Waals surface area contributed by atoms with Crippen LogP contribution in [0.3, 0.4) is 0 Å². The fourth-order valence-corrected chi connectivity index (χ4v) is 0.405. The quantitative estimate of drug-likeness (QED) is 0.391. The maximum Gasteiger partial charge on any atom is 0.410 e. The average molecular weight is 194 g/mol. The number of hydrogen-bond donors (Lipinski definition) is 0. The Bertz CT molecular complexity index is 228. The maximum atomic E-state index is 11.5. The monoisotopic (exact) mass is 194 g/mol. The Hall–Kier alpha value is -1.26. The first-order chi connectivity index (χ1) is 5.81. The molecule has 0 bridgehead atoms. The van der Waals surface area contributed by atoms with Gasteiger partial charge in [-0.1, -0.05) is 6.58 Å². The second-order valence-corrected chi connectivity index (χ2v) is 2.44. The zero-order valence-corrected chi connectivity index (χ0v) is 7.02. The molecule has 0 spiro atoms. The molecule has 0 rings (SSSR count). The van der Waals surface area contributed by atoms with E-state index in [1.54, 1.807) is 6.92 Å². The normalized spacial score (nSPS) is 11.7. The van der Waals surface area contributed by atoms with Gasteiger partial charge < -0.3 is 4.74 Å². The van der Waals surface area contributed by atoms with Gasteiger partial charge in [0, 0.05) is 12.2 Å². The Morgan fingerprint density at radius 3 is 2.46 bits per heavy atom. The number of carbonyl (C=O) groups is 1. The van der Waals surface area contributed by atoms with E-state index in [0.717, 1.165) is 0 Å². The number of rotatable bonds is 3. The summed E-state index contributed by atoms with van der Waals surface area (Å²) in [6.45, 7) is 4.94. The largest absolute Gasteiger partial charge is 0.458 e. The van der Waals surface area contributed by atoms with Gasteiger partial charge in [0.2, 0.25) is 0 Å². The number of hydrogen-bond acceptors (Lipinski definition) is 2. The van der Waals surface area contributed by atoms with Crippen molar-refractivity contribution in [2.24, 2.45) is 0 Å². The van der Waals surface area contributed by atoms with E-state index in [9.17, 15) is 18.0 Å². The summed E-state index contributed by atoms with van der Waals surface area (Å²) in [7, 11) is 0. The highest BCUT2D eigenvalue weighted by molar-refractivity contribution is 5.82. The van der Waals surface area contributed by atoms with Crippen LogP contribution in [0.2, 0.25) is 0 Å². The topological polar surface area (TPSA) is 26.3 Å². The SMILES string of the molecule is C=C(C)COC(=O)/C=C/C(F)(F)F. The lowest BCUT2D eigenvalue weighted by Gasteiger charge is -2.00. The van der Waals surface area contributed by atoms with E-state index in [1.807, 2.05) is 0 Å². The maximum absolute atomic E-state index is 11.5. The molecule has 0 aliphatic heterocycles. The van der Waals surface area contributed by atoms with E-state index in [-0.39, 0.29) is 12.7 Å². The van der Waals surface area contributed by atoms with Crippen LogP contribution >= 0.6 is 0 Å². The third-order valence-corrected chi connectivity index (χ3v) is 0.869. The van der Waals surface area contributed by atoms with Crippen LogP contribution in [-0.2, 0) is 9.53 Å². The molecule has 0 radical (unpaired) electrons. The third-order valence-electron chi connectivity index (χ3n) is 0.869. The van der Waals surface area contributed by atoms with Gasteiger partial charge in [-0.05, 0) is 12.5 Å². The van der Waals surface area contributed by atoms with Gasteiger partial charge in [0.1, 0.15) is 6.61 Å². The summed E-state index contributed by atoms with van der Waals surface area (Å²) < 4.78 is 38.9. The van der Waals surface area contributed by atoms with Crippen molar-refractivity contribution in [1.82, 2.24) is 0 Å². The Morgan fingerprint density at radius 1 is 1.54 bits per heavy atom. The minimum Gasteiger partial charge on any atom is -0.458 e. The molecule has 0 unspecified atom stereocenters. The van der Waals surface area contributed by atoms with Gasteiger partial charge in [-0.15, -0.1) is 0 Å². The van der Waals surface area contributed by atoms with Crippen LogP contribution in [-0.4, -0.2) is 18.8 Å². The molecule has 0 amide bonds. The predicted molar refractivity (Wildman–Crippen MR) is 41.0 cm³/mol. The molecule has 74 valence electrons. The van der Waals surface area contributed by atoms with Gasteiger partial charge >= 0.3 is 12.1 Å². The molecule has 5 heteroatoms. The Balaban J connectivity index is 3.88. The van der Waals surface area contributed by atoms with Gasteiger partial charge in [0.25, 0.3) is 0 Å². The second kappa shape index (κ2) is 4.69. The van der Waals surface area contributed by atoms with Crippen LogP contribution in [0.15, 0.2) is 24.3 Å². The van der Waals surface area contributed by atoms with Gasteiger partial charge in [0.05, 0.1) is 0 Å². The lowest BCUT2D eigenvalue weighted by Crippen LogP contribution is -2.06. The minimum absolute atomic E-state index is 0.0684. The van der Waals surface area contributed by atoms with Crippen molar-refractivity contribution >= 4 is 5.97 Å². The summed E-state index contributed by atoms with van der Waals surface area (Å²) in [5.74, 6) is -1.03. The van der Waals surface area contributed by atoms with Gasteiger partial charge in [-0.25, -0.2) is 4.79 Å². The fraction of sp³-hybridized carbons (Fsp3) is 0.375. The first kappa shape index (κ1) is 11.7. The molecule has 0 aromatic carbocycles. The lowest BCUT2D eigenvalue weighted by atomic mass is 10.4. The minimum atomic E-state index is -4.48. The van der Waals surface area contributed by atoms with Crippen molar-refractivity contribution in [3.63, 3.8) is 0 Å². The summed E-state index contributed by atoms with van der Waals surface area (Å²) in [4.78, 5) is 10.5. The number of esters is 1. The summed E-state index contributed by atoms with van der Waals surface area (Å²) in [6, 6.07) is 0. The molecule has 0 heterocycles. The number of halogens is 3. The van der Waals surface area contributed by atoms with Crippen molar-refractivity contribution in [3.05, 3.63) is 24.3 Å². The van der Waals surface area contributed by atoms with Crippen LogP contribution in [0, 0.1) is 0 Å². The molecular weight excluding hydrogens is 185 g/mol. The van der Waals surface area contributed by atoms with E-state index in [1.165, 1.54) is 0 Å². The van der Waals surface area contributed by atoms with Crippen LogP contribution in [0.4, 0.5) is 13.2 Å². The number of carbonyl (C=O) groups excluding carboxylic acids is 1. The second-order valence-electron chi connectivity index (χ2n) is 2.44. The lowest BCUT2D eigenvalue weighted by molar-refractivity contribution is -0.137. The third kappa shape index (κ3) is 8.65. The molecule has 0 aromatic rings. The van der Waals surface area contributed by atoms with Crippen LogP contribution in [0.5, 0.6) is 0 Å². The highest BCUT2D eigenvalue weighted by Gasteiger charge is 2.22. The van der Waals surface area contributed by atoms with E-state index in [0.29, 0.717) is 11.6 Å². The molecule has 0 aliphatic rings. The van der Waals surface area contributed by atoms with Gasteiger partial charge in [-0.3, -0.25) is 0 Å². The molecule has 0 aliphatic carbocycles. The molecule has 0 aromatic heterocycles. The summed E-state index contributed by atoms with van der Waals surface area (Å²) in [6.07, 6.45) is -4.32. The standard InChI is InChI=1S/C8H9F3O2/c1-6(2)5-13-7(12)3-4-8(9,10)11/h3-4H,1,5H2,2H3/b4-3+. The Labute approximate surface area is 73.7 Å². The zero-order valence-electron chi connectivity index (χ0n) is 7.02. The van der Waals surface area contributed by atoms with Crippen molar-refractivity contribution < 1.29 is 22.7 Å². The van der Waals surface area contributed by atoms with Gasteiger partial charge in [0.15, 0.2) is 0 Å². The van der Waals surface area contributed by atoms with Crippen molar-refractivity contribution in [2.45, 2.75) is 13.1 Å². The first-order valence-electron chi connectivity index (χ1n) is 3.38. The molecule has 0 saturated carbocycles. The Kier molecular flexibility index (Phi) is 4.23. The predicted octanol–water partition coefficient (Wildman–Crippen LogP) is 2.22. The molecule has 0 N–H and O–H groups in total. The highest BCUT2D eigenvalue weighted by atomic mass is 19.4. The molecule has 0 fully saturated rings. The van der Waals surface area contributed by atoms with E-state index in [4.69, 9.17) is 0 Å². The number of ether oxygens (including phenoxy) is 1.